The van der Waals surface area contributed by atoms with Crippen LogP contribution in [0.4, 0.5) is 18.9 Å². The summed E-state index contributed by atoms with van der Waals surface area (Å²) in [6.07, 6.45) is 5.39. The number of carbonyl (C=O) groups is 1. The third-order valence-electron chi connectivity index (χ3n) is 4.93. The minimum atomic E-state index is -4.00. The lowest BCUT2D eigenvalue weighted by molar-refractivity contribution is 0.103. The number of halogens is 3. The summed E-state index contributed by atoms with van der Waals surface area (Å²) < 4.78 is 69.3. The van der Waals surface area contributed by atoms with Gasteiger partial charge in [-0.3, -0.25) is 14.5 Å². The topological polar surface area (TPSA) is 105 Å². The Kier molecular flexibility index (Phi) is 5.90. The van der Waals surface area contributed by atoms with E-state index >= 15 is 4.39 Å². The molecule has 0 amide bonds. The van der Waals surface area contributed by atoms with Crippen LogP contribution in [0.1, 0.15) is 29.3 Å². The van der Waals surface area contributed by atoms with Gasteiger partial charge in [-0.15, -0.1) is 0 Å². The standard InChI is InChI=1S/C22H17F3N4O3S/c1-2-7-33(31,32)29-20-17(23)4-3-14(19(20)25)21(30)16-10-28-22-15(16)8-12(9-27-22)13-5-6-26-11-18(13)24/h3-6,8-11,29H,2,7H2,1H3,(H,27,28). The third kappa shape index (κ3) is 4.31. The molecule has 4 aromatic rings. The molecule has 33 heavy (non-hydrogen) atoms. The highest BCUT2D eigenvalue weighted by molar-refractivity contribution is 7.92. The van der Waals surface area contributed by atoms with Crippen LogP contribution in [0.15, 0.2) is 49.1 Å². The van der Waals surface area contributed by atoms with E-state index in [-0.39, 0.29) is 28.7 Å². The van der Waals surface area contributed by atoms with E-state index in [1.54, 1.807) is 6.92 Å². The quantitative estimate of drug-likeness (QED) is 0.386. The molecule has 0 aliphatic rings. The van der Waals surface area contributed by atoms with Crippen LogP contribution in [0.5, 0.6) is 0 Å². The monoisotopic (exact) mass is 474 g/mol. The lowest BCUT2D eigenvalue weighted by Crippen LogP contribution is -2.19. The molecule has 170 valence electrons. The number of aromatic nitrogens is 3. The van der Waals surface area contributed by atoms with Gasteiger partial charge in [-0.05, 0) is 30.7 Å². The highest BCUT2D eigenvalue weighted by atomic mass is 32.2. The summed E-state index contributed by atoms with van der Waals surface area (Å²) in [5, 5.41) is 0.283. The van der Waals surface area contributed by atoms with Crippen LogP contribution >= 0.6 is 0 Å². The first-order chi connectivity index (χ1) is 15.7. The summed E-state index contributed by atoms with van der Waals surface area (Å²) >= 11 is 0. The number of benzene rings is 1. The number of fused-ring (bicyclic) bond motifs is 1. The summed E-state index contributed by atoms with van der Waals surface area (Å²) in [5.41, 5.74) is -0.591. The Bertz CT molecular complexity index is 1490. The number of sulfonamides is 1. The number of pyridine rings is 2. The lowest BCUT2D eigenvalue weighted by Gasteiger charge is -2.11. The molecule has 0 aliphatic carbocycles. The van der Waals surface area contributed by atoms with Crippen LogP contribution < -0.4 is 4.72 Å². The van der Waals surface area contributed by atoms with Crippen LogP contribution in [0.3, 0.4) is 0 Å². The van der Waals surface area contributed by atoms with Crippen molar-refractivity contribution in [3.8, 4) is 11.1 Å². The molecule has 0 saturated carbocycles. The van der Waals surface area contributed by atoms with Gasteiger partial charge in [0.05, 0.1) is 17.5 Å². The second kappa shape index (κ2) is 8.66. The largest absolute Gasteiger partial charge is 0.345 e. The predicted molar refractivity (Wildman–Crippen MR) is 117 cm³/mol. The van der Waals surface area contributed by atoms with E-state index in [1.165, 1.54) is 30.7 Å². The van der Waals surface area contributed by atoms with Gasteiger partial charge < -0.3 is 4.98 Å². The fourth-order valence-electron chi connectivity index (χ4n) is 3.39. The Balaban J connectivity index is 1.79. The summed E-state index contributed by atoms with van der Waals surface area (Å²) in [5.74, 6) is -4.25. The van der Waals surface area contributed by atoms with Gasteiger partial charge in [-0.25, -0.2) is 26.6 Å². The van der Waals surface area contributed by atoms with Gasteiger partial charge >= 0.3 is 0 Å². The molecule has 3 aromatic heterocycles. The van der Waals surface area contributed by atoms with Crippen LogP contribution in [0.25, 0.3) is 22.2 Å². The summed E-state index contributed by atoms with van der Waals surface area (Å²) in [6, 6.07) is 4.70. The number of nitrogens with zero attached hydrogens (tertiary/aromatic N) is 2. The maximum Gasteiger partial charge on any atom is 0.232 e. The molecule has 0 atom stereocenters. The average Bonchev–Trinajstić information content (AvgIpc) is 3.20. The van der Waals surface area contributed by atoms with Gasteiger partial charge in [0.2, 0.25) is 10.0 Å². The number of carbonyl (C=O) groups excluding carboxylic acids is 1. The van der Waals surface area contributed by atoms with Crippen LogP contribution in [0.2, 0.25) is 0 Å². The van der Waals surface area contributed by atoms with E-state index in [4.69, 9.17) is 0 Å². The van der Waals surface area contributed by atoms with Gasteiger partial charge in [0, 0.05) is 40.7 Å². The van der Waals surface area contributed by atoms with Gasteiger partial charge in [0.15, 0.2) is 11.6 Å². The van der Waals surface area contributed by atoms with E-state index in [2.05, 4.69) is 15.0 Å². The summed E-state index contributed by atoms with van der Waals surface area (Å²) in [6.45, 7) is 1.60. The fraction of sp³-hybridized carbons (Fsp3) is 0.136. The Morgan fingerprint density at radius 2 is 1.88 bits per heavy atom. The van der Waals surface area contributed by atoms with Crippen LogP contribution in [-0.4, -0.2) is 34.9 Å². The lowest BCUT2D eigenvalue weighted by atomic mass is 10.0. The first-order valence-electron chi connectivity index (χ1n) is 9.82. The fourth-order valence-corrected chi connectivity index (χ4v) is 4.53. The smallest absolute Gasteiger partial charge is 0.232 e. The van der Waals surface area contributed by atoms with Crippen molar-refractivity contribution in [3.63, 3.8) is 0 Å². The van der Waals surface area contributed by atoms with E-state index in [0.29, 0.717) is 11.2 Å². The van der Waals surface area contributed by atoms with Crippen molar-refractivity contribution in [2.45, 2.75) is 13.3 Å². The number of hydrogen-bond acceptors (Lipinski definition) is 5. The Morgan fingerprint density at radius 3 is 2.61 bits per heavy atom. The number of nitrogens with one attached hydrogen (secondary N) is 2. The first-order valence-corrected chi connectivity index (χ1v) is 11.5. The highest BCUT2D eigenvalue weighted by Gasteiger charge is 2.25. The van der Waals surface area contributed by atoms with E-state index in [1.807, 2.05) is 4.72 Å². The number of anilines is 1. The number of hydrogen-bond donors (Lipinski definition) is 2. The Morgan fingerprint density at radius 1 is 1.09 bits per heavy atom. The molecular formula is C22H17F3N4O3S. The zero-order valence-electron chi connectivity index (χ0n) is 17.2. The Labute approximate surface area is 186 Å². The third-order valence-corrected chi connectivity index (χ3v) is 6.39. The first kappa shape index (κ1) is 22.5. The van der Waals surface area contributed by atoms with Gasteiger partial charge in [0.25, 0.3) is 0 Å². The van der Waals surface area contributed by atoms with Crippen molar-refractivity contribution in [3.05, 3.63) is 77.6 Å². The second-order valence-electron chi connectivity index (χ2n) is 7.21. The summed E-state index contributed by atoms with van der Waals surface area (Å²) in [7, 11) is -4.00. The molecule has 11 heteroatoms. The number of ketones is 1. The van der Waals surface area contributed by atoms with Crippen LogP contribution in [-0.2, 0) is 10.0 Å². The number of aromatic amines is 1. The molecule has 1 aromatic carbocycles. The maximum atomic E-state index is 15.1. The molecule has 0 unspecified atom stereocenters. The van der Waals surface area contributed by atoms with Gasteiger partial charge in [-0.1, -0.05) is 6.92 Å². The molecule has 4 rings (SSSR count). The molecule has 0 bridgehead atoms. The molecular weight excluding hydrogens is 457 g/mol. The molecule has 2 N–H and O–H groups in total. The van der Waals surface area contributed by atoms with Crippen LogP contribution in [0, 0.1) is 17.5 Å². The van der Waals surface area contributed by atoms with Crippen molar-refractivity contribution in [1.82, 2.24) is 15.0 Å². The Hall–Kier alpha value is -3.73. The molecule has 7 nitrogen and oxygen atoms in total. The van der Waals surface area contributed by atoms with Crippen molar-refractivity contribution in [2.75, 3.05) is 10.5 Å². The second-order valence-corrected chi connectivity index (χ2v) is 9.05. The maximum absolute atomic E-state index is 15.1. The zero-order valence-corrected chi connectivity index (χ0v) is 18.0. The minimum Gasteiger partial charge on any atom is -0.345 e. The average molecular weight is 474 g/mol. The molecule has 0 spiro atoms. The molecule has 0 aliphatic heterocycles. The summed E-state index contributed by atoms with van der Waals surface area (Å²) in [4.78, 5) is 23.8. The minimum absolute atomic E-state index is 0.00156. The van der Waals surface area contributed by atoms with Crippen molar-refractivity contribution in [2.24, 2.45) is 0 Å². The zero-order chi connectivity index (χ0) is 23.8. The van der Waals surface area contributed by atoms with E-state index < -0.39 is 44.5 Å². The predicted octanol–water partition coefficient (Wildman–Crippen LogP) is 4.42. The number of H-pyrrole nitrogens is 1. The molecule has 3 heterocycles. The molecule has 0 fully saturated rings. The molecule has 0 radical (unpaired) electrons. The SMILES string of the molecule is CCCS(=O)(=O)Nc1c(F)ccc(C(=O)c2c[nH]c3ncc(-c4ccncc4F)cc23)c1F. The highest BCUT2D eigenvalue weighted by Crippen LogP contribution is 2.30. The molecule has 0 saturated heterocycles. The van der Waals surface area contributed by atoms with Gasteiger partial charge in [-0.2, -0.15) is 0 Å². The van der Waals surface area contributed by atoms with Gasteiger partial charge in [0.1, 0.15) is 23.0 Å². The van der Waals surface area contributed by atoms with E-state index in [9.17, 15) is 22.0 Å². The van der Waals surface area contributed by atoms with Crippen molar-refractivity contribution >= 4 is 32.5 Å². The number of rotatable bonds is 7. The van der Waals surface area contributed by atoms with E-state index in [0.717, 1.165) is 18.3 Å². The normalized spacial score (nSPS) is 11.6. The van der Waals surface area contributed by atoms with Crippen molar-refractivity contribution < 1.29 is 26.4 Å². The van der Waals surface area contributed by atoms with Crippen molar-refractivity contribution in [1.29, 1.82) is 0 Å².